The molecule has 0 saturated heterocycles. The van der Waals surface area contributed by atoms with Crippen LogP contribution in [0.3, 0.4) is 0 Å². The molecular weight excluding hydrogens is 338 g/mol. The average molecular weight is 362 g/mol. The highest BCUT2D eigenvalue weighted by molar-refractivity contribution is 7.89. The van der Waals surface area contributed by atoms with E-state index < -0.39 is 10.0 Å². The fourth-order valence-electron chi connectivity index (χ4n) is 2.58. The van der Waals surface area contributed by atoms with Gasteiger partial charge in [-0.05, 0) is 37.1 Å². The summed E-state index contributed by atoms with van der Waals surface area (Å²) in [5.74, 6) is -0.0596. The van der Waals surface area contributed by atoms with E-state index >= 15 is 0 Å². The van der Waals surface area contributed by atoms with Crippen LogP contribution in [0.1, 0.15) is 25.8 Å². The summed E-state index contributed by atoms with van der Waals surface area (Å²) in [6.45, 7) is 5.83. The number of nitrogens with one attached hydrogen (secondary N) is 2. The minimum Gasteiger partial charge on any atom is -0.316 e. The van der Waals surface area contributed by atoms with Crippen LogP contribution in [-0.2, 0) is 21.2 Å². The lowest BCUT2D eigenvalue weighted by Crippen LogP contribution is -2.34. The Hall–Kier alpha value is -1.15. The molecule has 6 nitrogen and oxygen atoms in total. The van der Waals surface area contributed by atoms with Crippen LogP contribution in [0.5, 0.6) is 0 Å². The molecule has 130 valence electrons. The topological polar surface area (TPSA) is 78.5 Å². The number of sulfonamides is 1. The van der Waals surface area contributed by atoms with E-state index in [4.69, 9.17) is 0 Å². The standard InChI is InChI=1S/C15H23N3O3S.ClH/c1-3-16-8-9-17-22(20,21)14-7-6-13-5-4-10-18(12(2)19)15(13)11-14;/h6-7,11,16-17H,3-5,8-10H2,1-2H3;1H. The van der Waals surface area contributed by atoms with Gasteiger partial charge in [0.05, 0.1) is 4.90 Å². The fraction of sp³-hybridized carbons (Fsp3) is 0.533. The van der Waals surface area contributed by atoms with Gasteiger partial charge in [-0.2, -0.15) is 0 Å². The smallest absolute Gasteiger partial charge is 0.240 e. The fourth-order valence-corrected chi connectivity index (χ4v) is 3.63. The monoisotopic (exact) mass is 361 g/mol. The lowest BCUT2D eigenvalue weighted by Gasteiger charge is -2.29. The Morgan fingerprint density at radius 1 is 1.30 bits per heavy atom. The minimum absolute atomic E-state index is 0. The molecule has 0 unspecified atom stereocenters. The number of aryl methyl sites for hydroxylation is 1. The molecule has 0 aromatic heterocycles. The second-order valence-corrected chi connectivity index (χ2v) is 7.08. The van der Waals surface area contributed by atoms with Crippen LogP contribution < -0.4 is 14.9 Å². The Morgan fingerprint density at radius 3 is 2.70 bits per heavy atom. The maximum atomic E-state index is 12.3. The number of nitrogens with zero attached hydrogens (tertiary/aromatic N) is 1. The molecule has 2 rings (SSSR count). The Labute approximate surface area is 144 Å². The molecule has 0 saturated carbocycles. The van der Waals surface area contributed by atoms with E-state index in [9.17, 15) is 13.2 Å². The van der Waals surface area contributed by atoms with Gasteiger partial charge in [0.1, 0.15) is 0 Å². The zero-order valence-electron chi connectivity index (χ0n) is 13.5. The predicted octanol–water partition coefficient (Wildman–Crippen LogP) is 1.30. The summed E-state index contributed by atoms with van der Waals surface area (Å²) in [6.07, 6.45) is 1.77. The Bertz CT molecular complexity index is 649. The molecule has 1 aliphatic rings. The first kappa shape index (κ1) is 19.9. The summed E-state index contributed by atoms with van der Waals surface area (Å²) >= 11 is 0. The normalized spacial score (nSPS) is 14.1. The molecule has 0 bridgehead atoms. The third kappa shape index (κ3) is 4.91. The molecule has 0 aliphatic carbocycles. The minimum atomic E-state index is -3.55. The SMILES string of the molecule is CCNCCNS(=O)(=O)c1ccc2c(c1)N(C(C)=O)CCC2.Cl. The van der Waals surface area contributed by atoms with Crippen molar-refractivity contribution in [3.8, 4) is 0 Å². The van der Waals surface area contributed by atoms with E-state index in [2.05, 4.69) is 10.0 Å². The largest absolute Gasteiger partial charge is 0.316 e. The van der Waals surface area contributed by atoms with Gasteiger partial charge in [-0.25, -0.2) is 13.1 Å². The van der Waals surface area contributed by atoms with Crippen LogP contribution in [0.2, 0.25) is 0 Å². The van der Waals surface area contributed by atoms with Gasteiger partial charge in [0.25, 0.3) is 0 Å². The van der Waals surface area contributed by atoms with Crippen LogP contribution in [0.25, 0.3) is 0 Å². The summed E-state index contributed by atoms with van der Waals surface area (Å²) < 4.78 is 27.2. The Balaban J connectivity index is 0.00000264. The van der Waals surface area contributed by atoms with Crippen molar-refractivity contribution in [1.29, 1.82) is 0 Å². The number of carbonyl (C=O) groups excluding carboxylic acids is 1. The Kier molecular flexibility index (Phi) is 7.47. The van der Waals surface area contributed by atoms with E-state index in [1.165, 1.54) is 6.92 Å². The first-order valence-electron chi connectivity index (χ1n) is 7.57. The second kappa shape index (κ2) is 8.63. The highest BCUT2D eigenvalue weighted by atomic mass is 35.5. The lowest BCUT2D eigenvalue weighted by molar-refractivity contribution is -0.116. The first-order valence-corrected chi connectivity index (χ1v) is 9.05. The number of fused-ring (bicyclic) bond motifs is 1. The van der Waals surface area contributed by atoms with Crippen molar-refractivity contribution in [3.05, 3.63) is 23.8 Å². The molecule has 1 aliphatic heterocycles. The van der Waals surface area contributed by atoms with E-state index in [1.807, 2.05) is 13.0 Å². The lowest BCUT2D eigenvalue weighted by atomic mass is 10.0. The molecule has 1 aromatic rings. The van der Waals surface area contributed by atoms with Gasteiger partial charge in [-0.3, -0.25) is 4.79 Å². The molecule has 8 heteroatoms. The second-order valence-electron chi connectivity index (χ2n) is 5.32. The highest BCUT2D eigenvalue weighted by Crippen LogP contribution is 2.29. The third-order valence-electron chi connectivity index (χ3n) is 3.71. The van der Waals surface area contributed by atoms with E-state index in [1.54, 1.807) is 17.0 Å². The van der Waals surface area contributed by atoms with Crippen LogP contribution in [0.4, 0.5) is 5.69 Å². The number of hydrogen-bond acceptors (Lipinski definition) is 4. The van der Waals surface area contributed by atoms with Crippen LogP contribution in [0.15, 0.2) is 23.1 Å². The molecule has 0 atom stereocenters. The van der Waals surface area contributed by atoms with Gasteiger partial charge < -0.3 is 10.2 Å². The van der Waals surface area contributed by atoms with Gasteiger partial charge in [-0.1, -0.05) is 13.0 Å². The molecule has 23 heavy (non-hydrogen) atoms. The molecular formula is C15H24ClN3O3S. The number of anilines is 1. The van der Waals surface area contributed by atoms with Gasteiger partial charge in [0.15, 0.2) is 0 Å². The summed E-state index contributed by atoms with van der Waals surface area (Å²) in [5, 5.41) is 3.06. The zero-order chi connectivity index (χ0) is 16.2. The molecule has 1 amide bonds. The van der Waals surface area contributed by atoms with Crippen molar-refractivity contribution in [2.45, 2.75) is 31.6 Å². The summed E-state index contributed by atoms with van der Waals surface area (Å²) in [4.78, 5) is 13.6. The van der Waals surface area contributed by atoms with Crippen molar-refractivity contribution in [1.82, 2.24) is 10.0 Å². The van der Waals surface area contributed by atoms with Crippen LogP contribution in [-0.4, -0.2) is 40.5 Å². The van der Waals surface area contributed by atoms with E-state index in [-0.39, 0.29) is 23.2 Å². The van der Waals surface area contributed by atoms with Gasteiger partial charge >= 0.3 is 0 Å². The number of rotatable bonds is 6. The average Bonchev–Trinajstić information content (AvgIpc) is 2.50. The molecule has 1 heterocycles. The molecule has 0 radical (unpaired) electrons. The summed E-state index contributed by atoms with van der Waals surface area (Å²) in [7, 11) is -3.55. The van der Waals surface area contributed by atoms with Crippen molar-refractivity contribution >= 4 is 34.0 Å². The Morgan fingerprint density at radius 2 is 2.04 bits per heavy atom. The number of likely N-dealkylation sites (N-methyl/N-ethyl adjacent to an activating group) is 1. The van der Waals surface area contributed by atoms with Crippen molar-refractivity contribution in [2.75, 3.05) is 31.1 Å². The van der Waals surface area contributed by atoms with E-state index in [0.29, 0.717) is 25.3 Å². The van der Waals surface area contributed by atoms with Gasteiger partial charge in [0, 0.05) is 32.2 Å². The third-order valence-corrected chi connectivity index (χ3v) is 5.17. The number of hydrogen-bond donors (Lipinski definition) is 2. The number of carbonyl (C=O) groups is 1. The predicted molar refractivity (Wildman–Crippen MR) is 93.8 cm³/mol. The van der Waals surface area contributed by atoms with Gasteiger partial charge in [-0.15, -0.1) is 12.4 Å². The first-order chi connectivity index (χ1) is 10.5. The molecule has 2 N–H and O–H groups in total. The highest BCUT2D eigenvalue weighted by Gasteiger charge is 2.23. The number of halogens is 1. The number of amides is 1. The van der Waals surface area contributed by atoms with E-state index in [0.717, 1.165) is 24.9 Å². The van der Waals surface area contributed by atoms with Crippen LogP contribution >= 0.6 is 12.4 Å². The molecule has 1 aromatic carbocycles. The van der Waals surface area contributed by atoms with Crippen molar-refractivity contribution < 1.29 is 13.2 Å². The van der Waals surface area contributed by atoms with Crippen LogP contribution in [0, 0.1) is 0 Å². The van der Waals surface area contributed by atoms with Crippen molar-refractivity contribution in [2.24, 2.45) is 0 Å². The number of benzene rings is 1. The quantitative estimate of drug-likeness (QED) is 0.748. The summed E-state index contributed by atoms with van der Waals surface area (Å²) in [5.41, 5.74) is 1.74. The maximum absolute atomic E-state index is 12.3. The zero-order valence-corrected chi connectivity index (χ0v) is 15.1. The molecule has 0 fully saturated rings. The van der Waals surface area contributed by atoms with Crippen molar-refractivity contribution in [3.63, 3.8) is 0 Å². The summed E-state index contributed by atoms with van der Waals surface area (Å²) in [6, 6.07) is 5.02. The van der Waals surface area contributed by atoms with Gasteiger partial charge in [0.2, 0.25) is 15.9 Å². The maximum Gasteiger partial charge on any atom is 0.240 e. The molecule has 0 spiro atoms.